The lowest BCUT2D eigenvalue weighted by atomic mass is 9.95. The number of nitrogens with one attached hydrogen (secondary N) is 2. The van der Waals surface area contributed by atoms with Gasteiger partial charge in [-0.05, 0) is 55.2 Å². The van der Waals surface area contributed by atoms with Crippen molar-refractivity contribution >= 4 is 34.9 Å². The van der Waals surface area contributed by atoms with Gasteiger partial charge in [-0.15, -0.1) is 0 Å². The van der Waals surface area contributed by atoms with Crippen molar-refractivity contribution in [3.63, 3.8) is 0 Å². The van der Waals surface area contributed by atoms with E-state index in [1.165, 1.54) is 0 Å². The number of benzene rings is 2. The lowest BCUT2D eigenvalue weighted by Crippen LogP contribution is -2.43. The molecule has 2 aromatic rings. The molecule has 2 aromatic carbocycles. The molecule has 0 atom stereocenters. The number of piperidine rings is 1. The van der Waals surface area contributed by atoms with E-state index in [1.807, 2.05) is 24.3 Å². The first-order chi connectivity index (χ1) is 13.1. The molecular formula is C21H24ClN3O2. The largest absolute Gasteiger partial charge is 0.326 e. The Morgan fingerprint density at radius 2 is 1.70 bits per heavy atom. The molecule has 3 amide bonds. The summed E-state index contributed by atoms with van der Waals surface area (Å²) in [5.41, 5.74) is 2.72. The Kier molecular flexibility index (Phi) is 6.35. The fourth-order valence-electron chi connectivity index (χ4n) is 3.27. The first-order valence-corrected chi connectivity index (χ1v) is 9.65. The predicted octanol–water partition coefficient (Wildman–Crippen LogP) is 4.79. The van der Waals surface area contributed by atoms with Crippen molar-refractivity contribution in [3.05, 3.63) is 59.1 Å². The Morgan fingerprint density at radius 3 is 2.37 bits per heavy atom. The van der Waals surface area contributed by atoms with Gasteiger partial charge in [-0.2, -0.15) is 0 Å². The van der Waals surface area contributed by atoms with Crippen LogP contribution in [0, 0.1) is 5.92 Å². The van der Waals surface area contributed by atoms with Crippen LogP contribution in [0.3, 0.4) is 0 Å². The minimum atomic E-state index is -0.146. The fourth-order valence-corrected chi connectivity index (χ4v) is 3.39. The number of carbonyl (C=O) groups excluding carboxylic acids is 2. The Balaban J connectivity index is 1.51. The SMILES string of the molecule is CCc1ccccc1NC(=O)C1CCN(C(=O)Nc2ccc(Cl)cc2)CC1. The topological polar surface area (TPSA) is 61.4 Å². The smallest absolute Gasteiger partial charge is 0.321 e. The van der Waals surface area contributed by atoms with Crippen LogP contribution in [-0.4, -0.2) is 29.9 Å². The molecule has 0 saturated carbocycles. The van der Waals surface area contributed by atoms with E-state index in [1.54, 1.807) is 29.2 Å². The predicted molar refractivity (Wildman–Crippen MR) is 109 cm³/mol. The average Bonchev–Trinajstić information content (AvgIpc) is 2.70. The Labute approximate surface area is 164 Å². The molecule has 0 aliphatic carbocycles. The van der Waals surface area contributed by atoms with Gasteiger partial charge in [-0.1, -0.05) is 36.7 Å². The first-order valence-electron chi connectivity index (χ1n) is 9.27. The van der Waals surface area contributed by atoms with Gasteiger partial charge < -0.3 is 15.5 Å². The standard InChI is InChI=1S/C21H24ClN3O2/c1-2-15-5-3-4-6-19(15)24-20(26)16-11-13-25(14-12-16)21(27)23-18-9-7-17(22)8-10-18/h3-10,16H,2,11-14H2,1H3,(H,23,27)(H,24,26). The number of hydrogen-bond donors (Lipinski definition) is 2. The van der Waals surface area contributed by atoms with Gasteiger partial charge in [0.25, 0.3) is 0 Å². The number of halogens is 1. The van der Waals surface area contributed by atoms with E-state index >= 15 is 0 Å². The third-order valence-electron chi connectivity index (χ3n) is 4.90. The van der Waals surface area contributed by atoms with Crippen LogP contribution >= 0.6 is 11.6 Å². The molecule has 1 aliphatic heterocycles. The maximum absolute atomic E-state index is 12.6. The third-order valence-corrected chi connectivity index (χ3v) is 5.16. The molecular weight excluding hydrogens is 362 g/mol. The molecule has 2 N–H and O–H groups in total. The molecule has 0 unspecified atom stereocenters. The molecule has 142 valence electrons. The van der Waals surface area contributed by atoms with Gasteiger partial charge in [0.1, 0.15) is 0 Å². The molecule has 0 radical (unpaired) electrons. The highest BCUT2D eigenvalue weighted by Crippen LogP contribution is 2.22. The number of hydrogen-bond acceptors (Lipinski definition) is 2. The lowest BCUT2D eigenvalue weighted by molar-refractivity contribution is -0.121. The van der Waals surface area contributed by atoms with E-state index in [2.05, 4.69) is 17.6 Å². The molecule has 1 saturated heterocycles. The van der Waals surface area contributed by atoms with Crippen LogP contribution in [0.25, 0.3) is 0 Å². The summed E-state index contributed by atoms with van der Waals surface area (Å²) in [7, 11) is 0. The molecule has 5 nitrogen and oxygen atoms in total. The van der Waals surface area contributed by atoms with Crippen LogP contribution in [-0.2, 0) is 11.2 Å². The third kappa shape index (κ3) is 5.01. The zero-order valence-corrected chi connectivity index (χ0v) is 16.1. The summed E-state index contributed by atoms with van der Waals surface area (Å²) in [6, 6.07) is 14.7. The van der Waals surface area contributed by atoms with Crippen LogP contribution in [0.4, 0.5) is 16.2 Å². The van der Waals surface area contributed by atoms with Crippen molar-refractivity contribution in [2.24, 2.45) is 5.92 Å². The van der Waals surface area contributed by atoms with Gasteiger partial charge in [-0.25, -0.2) is 4.79 Å². The van der Waals surface area contributed by atoms with E-state index in [9.17, 15) is 9.59 Å². The summed E-state index contributed by atoms with van der Waals surface area (Å²) in [4.78, 5) is 26.7. The Hall–Kier alpha value is -2.53. The van der Waals surface area contributed by atoms with Gasteiger partial charge in [0.05, 0.1) is 0 Å². The Bertz CT molecular complexity index is 799. The molecule has 1 aliphatic rings. The van der Waals surface area contributed by atoms with Gasteiger partial charge in [-0.3, -0.25) is 4.79 Å². The molecule has 0 bridgehead atoms. The number of amides is 3. The minimum Gasteiger partial charge on any atom is -0.326 e. The van der Waals surface area contributed by atoms with E-state index in [0.717, 1.165) is 17.7 Å². The zero-order valence-electron chi connectivity index (χ0n) is 15.4. The van der Waals surface area contributed by atoms with Crippen molar-refractivity contribution in [2.45, 2.75) is 26.2 Å². The van der Waals surface area contributed by atoms with Gasteiger partial charge >= 0.3 is 6.03 Å². The number of anilines is 2. The van der Waals surface area contributed by atoms with Gasteiger partial charge in [0.2, 0.25) is 5.91 Å². The molecule has 0 spiro atoms. The maximum atomic E-state index is 12.6. The molecule has 1 heterocycles. The van der Waals surface area contributed by atoms with E-state index in [-0.39, 0.29) is 17.9 Å². The van der Waals surface area contributed by atoms with Crippen LogP contribution < -0.4 is 10.6 Å². The highest BCUT2D eigenvalue weighted by Gasteiger charge is 2.27. The summed E-state index contributed by atoms with van der Waals surface area (Å²) in [6.45, 7) is 3.20. The van der Waals surface area contributed by atoms with E-state index < -0.39 is 0 Å². The van der Waals surface area contributed by atoms with Crippen molar-refractivity contribution in [1.82, 2.24) is 4.90 Å². The number of aryl methyl sites for hydroxylation is 1. The second kappa shape index (κ2) is 8.91. The number of rotatable bonds is 4. The lowest BCUT2D eigenvalue weighted by Gasteiger charge is -2.31. The summed E-state index contributed by atoms with van der Waals surface area (Å²) < 4.78 is 0. The van der Waals surface area contributed by atoms with E-state index in [4.69, 9.17) is 11.6 Å². The first kappa shape index (κ1) is 19.2. The zero-order chi connectivity index (χ0) is 19.2. The highest BCUT2D eigenvalue weighted by molar-refractivity contribution is 6.30. The van der Waals surface area contributed by atoms with Crippen molar-refractivity contribution in [2.75, 3.05) is 23.7 Å². The van der Waals surface area contributed by atoms with Crippen LogP contribution in [0.1, 0.15) is 25.3 Å². The van der Waals surface area contributed by atoms with Crippen LogP contribution in [0.5, 0.6) is 0 Å². The number of para-hydroxylation sites is 1. The van der Waals surface area contributed by atoms with Crippen LogP contribution in [0.15, 0.2) is 48.5 Å². The summed E-state index contributed by atoms with van der Waals surface area (Å²) in [5.74, 6) is -0.0387. The summed E-state index contributed by atoms with van der Waals surface area (Å²) >= 11 is 5.86. The number of nitrogens with zero attached hydrogens (tertiary/aromatic N) is 1. The second-order valence-corrected chi connectivity index (χ2v) is 7.13. The quantitative estimate of drug-likeness (QED) is 0.795. The van der Waals surface area contributed by atoms with Crippen molar-refractivity contribution in [1.29, 1.82) is 0 Å². The average molecular weight is 386 g/mol. The number of carbonyl (C=O) groups is 2. The number of urea groups is 1. The molecule has 1 fully saturated rings. The summed E-state index contributed by atoms with van der Waals surface area (Å²) in [6.07, 6.45) is 2.20. The molecule has 6 heteroatoms. The normalized spacial score (nSPS) is 14.7. The van der Waals surface area contributed by atoms with Crippen molar-refractivity contribution in [3.8, 4) is 0 Å². The molecule has 0 aromatic heterocycles. The number of likely N-dealkylation sites (tertiary alicyclic amines) is 1. The maximum Gasteiger partial charge on any atom is 0.321 e. The van der Waals surface area contributed by atoms with E-state index in [0.29, 0.717) is 36.6 Å². The second-order valence-electron chi connectivity index (χ2n) is 6.70. The Morgan fingerprint density at radius 1 is 1.04 bits per heavy atom. The highest BCUT2D eigenvalue weighted by atomic mass is 35.5. The monoisotopic (exact) mass is 385 g/mol. The summed E-state index contributed by atoms with van der Waals surface area (Å²) in [5, 5.41) is 6.54. The molecule has 27 heavy (non-hydrogen) atoms. The van der Waals surface area contributed by atoms with Gasteiger partial charge in [0.15, 0.2) is 0 Å². The van der Waals surface area contributed by atoms with Crippen molar-refractivity contribution < 1.29 is 9.59 Å². The minimum absolute atomic E-state index is 0.0358. The van der Waals surface area contributed by atoms with Crippen LogP contribution in [0.2, 0.25) is 5.02 Å². The molecule has 3 rings (SSSR count). The fraction of sp³-hybridized carbons (Fsp3) is 0.333. The van der Waals surface area contributed by atoms with Gasteiger partial charge in [0, 0.05) is 35.4 Å².